The van der Waals surface area contributed by atoms with Gasteiger partial charge in [-0.3, -0.25) is 14.9 Å². The van der Waals surface area contributed by atoms with Gasteiger partial charge in [-0.1, -0.05) is 30.3 Å². The molecule has 5 nitrogen and oxygen atoms in total. The number of rotatable bonds is 8. The second kappa shape index (κ2) is 18.0. The number of nitrogens with zero attached hydrogens (tertiary/aromatic N) is 2. The lowest BCUT2D eigenvalue weighted by Gasteiger charge is -2.44. The Hall–Kier alpha value is -7.54. The Kier molecular flexibility index (Phi) is 13.2. The molecule has 0 aliphatic heterocycles. The summed E-state index contributed by atoms with van der Waals surface area (Å²) in [6.07, 6.45) is -3.49. The molecule has 0 atom stereocenters. The van der Waals surface area contributed by atoms with Crippen molar-refractivity contribution in [1.29, 1.82) is 0 Å². The highest BCUT2D eigenvalue weighted by molar-refractivity contribution is 7.20. The monoisotopic (exact) mass is 972 g/mol. The van der Waals surface area contributed by atoms with E-state index in [1.165, 1.54) is 18.2 Å². The molecule has 348 valence electrons. The van der Waals surface area contributed by atoms with Gasteiger partial charge < -0.3 is 0 Å². The number of halogens is 20. The van der Waals surface area contributed by atoms with E-state index in [4.69, 9.17) is 0 Å². The molecule has 0 aliphatic rings. The van der Waals surface area contributed by atoms with E-state index in [1.54, 1.807) is 10.6 Å². The van der Waals surface area contributed by atoms with Crippen molar-refractivity contribution in [3.63, 3.8) is 0 Å². The molecule has 0 radical (unpaired) electrons. The van der Waals surface area contributed by atoms with Crippen LogP contribution in [0, 0.1) is 126 Å². The van der Waals surface area contributed by atoms with Crippen LogP contribution in [-0.2, 0) is 6.54 Å². The molecular weight excluding hydrogens is 959 g/mol. The number of ketones is 1. The molecule has 7 rings (SSSR count). The maximum absolute atomic E-state index is 15.4. The van der Waals surface area contributed by atoms with Gasteiger partial charge in [0.25, 0.3) is 5.69 Å². The van der Waals surface area contributed by atoms with Crippen molar-refractivity contribution < 1.29 is 102 Å². The smallest absolute Gasteiger partial charge is 0.270 e. The molecule has 0 N–H and O–H groups in total. The summed E-state index contributed by atoms with van der Waals surface area (Å²) in [6.45, 7) is 0.145. The van der Waals surface area contributed by atoms with Gasteiger partial charge in [0.2, 0.25) is 12.3 Å². The fourth-order valence-corrected chi connectivity index (χ4v) is 7.20. The zero-order valence-electron chi connectivity index (χ0n) is 31.8. The molecular formula is C41H13BF20N2O3. The average molecular weight is 972 g/mol. The van der Waals surface area contributed by atoms with Gasteiger partial charge in [0.1, 0.15) is 52.7 Å². The van der Waals surface area contributed by atoms with Crippen molar-refractivity contribution in [3.8, 4) is 0 Å². The van der Waals surface area contributed by atoms with E-state index >= 15 is 35.1 Å². The standard InChI is InChI=1S/C24BF20.C17H13N2O3/c26-5-1(6(27)14(35)21(42)13(5)34)25(2-7(28)15(36)22(43)16(37)8(2)29,3-9(30)17(38)23(44)18(39)10(3)31)4-11(32)19(40)24(45)20(41)12(4)33;20-17(14-6-3-7-16(10-14)19(21)22)12-18-9-8-13-4-1-2-5-15(13)11-18/h;1-11H,12H2/q-1;+1. The number of pyridine rings is 1. The fourth-order valence-electron chi connectivity index (χ4n) is 7.20. The van der Waals surface area contributed by atoms with E-state index in [9.17, 15) is 67.6 Å². The molecule has 0 spiro atoms. The highest BCUT2D eigenvalue weighted by Crippen LogP contribution is 2.31. The van der Waals surface area contributed by atoms with Crippen molar-refractivity contribution in [2.75, 3.05) is 0 Å². The molecule has 0 aliphatic carbocycles. The predicted molar refractivity (Wildman–Crippen MR) is 191 cm³/mol. The minimum Gasteiger partial charge on any atom is -0.287 e. The van der Waals surface area contributed by atoms with Crippen molar-refractivity contribution in [1.82, 2.24) is 0 Å². The van der Waals surface area contributed by atoms with Crippen molar-refractivity contribution in [2.24, 2.45) is 0 Å². The topological polar surface area (TPSA) is 64.1 Å². The number of fused-ring (bicyclic) bond motifs is 1. The first-order valence-electron chi connectivity index (χ1n) is 17.7. The number of aromatic nitrogens is 1. The first kappa shape index (κ1) is 48.9. The van der Waals surface area contributed by atoms with Crippen LogP contribution in [0.3, 0.4) is 0 Å². The number of carbonyl (C=O) groups is 1. The van der Waals surface area contributed by atoms with Gasteiger partial charge in [0, 0.05) is 29.1 Å². The number of nitro benzene ring substituents is 1. The van der Waals surface area contributed by atoms with Gasteiger partial charge in [0.15, 0.2) is 82.2 Å². The van der Waals surface area contributed by atoms with Gasteiger partial charge in [-0.15, -0.1) is 21.9 Å². The number of benzene rings is 6. The Balaban J connectivity index is 0.000000279. The van der Waals surface area contributed by atoms with Crippen LogP contribution in [0.1, 0.15) is 10.4 Å². The van der Waals surface area contributed by atoms with Crippen molar-refractivity contribution >= 4 is 50.2 Å². The third-order valence-electron chi connectivity index (χ3n) is 10.2. The maximum Gasteiger partial charge on any atom is 0.270 e. The van der Waals surface area contributed by atoms with Crippen LogP contribution in [0.2, 0.25) is 0 Å². The molecule has 0 bridgehead atoms. The summed E-state index contributed by atoms with van der Waals surface area (Å²) in [5.41, 5.74) is -14.1. The first-order valence-corrected chi connectivity index (χ1v) is 17.7. The number of hydrogen-bond donors (Lipinski definition) is 0. The molecule has 1 aromatic heterocycles. The molecule has 0 fully saturated rings. The summed E-state index contributed by atoms with van der Waals surface area (Å²) < 4.78 is 296. The summed E-state index contributed by atoms with van der Waals surface area (Å²) in [5, 5.41) is 12.9. The normalized spacial score (nSPS) is 11.5. The lowest BCUT2D eigenvalue weighted by Crippen LogP contribution is -2.81. The Morgan fingerprint density at radius 1 is 0.433 bits per heavy atom. The summed E-state index contributed by atoms with van der Waals surface area (Å²) in [7, 11) is 0. The van der Waals surface area contributed by atoms with Crippen molar-refractivity contribution in [3.05, 3.63) is 199 Å². The van der Waals surface area contributed by atoms with Crippen molar-refractivity contribution in [2.45, 2.75) is 6.54 Å². The second-order valence-electron chi connectivity index (χ2n) is 13.8. The molecule has 6 aromatic carbocycles. The zero-order chi connectivity index (χ0) is 49.9. The predicted octanol–water partition coefficient (Wildman–Crippen LogP) is 8.76. The lowest BCUT2D eigenvalue weighted by atomic mass is 9.12. The molecule has 7 aromatic rings. The van der Waals surface area contributed by atoms with Crippen LogP contribution >= 0.6 is 0 Å². The summed E-state index contributed by atoms with van der Waals surface area (Å²) >= 11 is 0. The van der Waals surface area contributed by atoms with Gasteiger partial charge in [-0.05, 0) is 11.5 Å². The van der Waals surface area contributed by atoms with Gasteiger partial charge in [0.05, 0.1) is 4.92 Å². The minimum absolute atomic E-state index is 0.0747. The SMILES string of the molecule is Fc1c(F)c(F)c([B-](c2c(F)c(F)c(F)c(F)c2F)(c2c(F)c(F)c(F)c(F)c2F)c2c(F)c(F)c(F)c(F)c2F)c(F)c1F.O=C(C[n+]1ccc2ccccc2c1)c1cccc([N+](=O)[O-])c1. The van der Waals surface area contributed by atoms with Crippen LogP contribution in [0.4, 0.5) is 93.5 Å². The molecule has 26 heteroatoms. The Labute approximate surface area is 357 Å². The Morgan fingerprint density at radius 2 is 0.746 bits per heavy atom. The quantitative estimate of drug-likeness (QED) is 0.0224. The summed E-state index contributed by atoms with van der Waals surface area (Å²) in [5.74, 6) is -71.6. The lowest BCUT2D eigenvalue weighted by molar-refractivity contribution is -0.681. The maximum atomic E-state index is 15.4. The van der Waals surface area contributed by atoms with E-state index < -0.39 is 149 Å². The summed E-state index contributed by atoms with van der Waals surface area (Å²) in [4.78, 5) is 22.6. The van der Waals surface area contributed by atoms with Crippen LogP contribution in [0.15, 0.2) is 67.0 Å². The van der Waals surface area contributed by atoms with E-state index in [0.29, 0.717) is 5.56 Å². The van der Waals surface area contributed by atoms with Gasteiger partial charge in [-0.25, -0.2) is 87.8 Å². The first-order chi connectivity index (χ1) is 31.3. The van der Waals surface area contributed by atoms with E-state index in [2.05, 4.69) is 0 Å². The average Bonchev–Trinajstić information content (AvgIpc) is 3.31. The van der Waals surface area contributed by atoms with E-state index in [1.807, 2.05) is 42.7 Å². The molecule has 0 saturated carbocycles. The van der Waals surface area contributed by atoms with E-state index in [0.717, 1.165) is 10.8 Å². The molecule has 0 amide bonds. The van der Waals surface area contributed by atoms with Gasteiger partial charge >= 0.3 is 0 Å². The van der Waals surface area contributed by atoms with Crippen LogP contribution < -0.4 is 26.4 Å². The second-order valence-corrected chi connectivity index (χ2v) is 13.8. The largest absolute Gasteiger partial charge is 0.287 e. The minimum atomic E-state index is -7.22. The third kappa shape index (κ3) is 7.81. The molecule has 67 heavy (non-hydrogen) atoms. The molecule has 1 heterocycles. The van der Waals surface area contributed by atoms with Crippen LogP contribution in [0.5, 0.6) is 0 Å². The number of Topliss-reactive ketones (excluding diaryl/α,β-unsaturated/α-hetero) is 1. The van der Waals surface area contributed by atoms with Crippen LogP contribution in [0.25, 0.3) is 10.8 Å². The Bertz CT molecular complexity index is 2860. The number of hydrogen-bond acceptors (Lipinski definition) is 3. The number of non-ortho nitro benzene ring substituents is 1. The number of nitro groups is 1. The van der Waals surface area contributed by atoms with Gasteiger partial charge in [-0.2, -0.15) is 4.57 Å². The highest BCUT2D eigenvalue weighted by Gasteiger charge is 2.52. The number of carbonyl (C=O) groups excluding carboxylic acids is 1. The molecule has 0 saturated heterocycles. The third-order valence-corrected chi connectivity index (χ3v) is 10.2. The Morgan fingerprint density at radius 3 is 1.07 bits per heavy atom. The summed E-state index contributed by atoms with van der Waals surface area (Å²) in [6, 6.07) is 15.6. The fraction of sp³-hybridized carbons (Fsp3) is 0.0244. The zero-order valence-corrected chi connectivity index (χ0v) is 31.8. The van der Waals surface area contributed by atoms with E-state index in [-0.39, 0.29) is 18.0 Å². The highest BCUT2D eigenvalue weighted by atomic mass is 19.2. The van der Waals surface area contributed by atoms with Crippen LogP contribution in [-0.4, -0.2) is 16.9 Å². The molecule has 0 unspecified atom stereocenters.